The number of amides is 3. The molecule has 45 heavy (non-hydrogen) atoms. The lowest BCUT2D eigenvalue weighted by molar-refractivity contribution is -0.384. The summed E-state index contributed by atoms with van der Waals surface area (Å²) in [5.74, 6) is -1.01. The van der Waals surface area contributed by atoms with Gasteiger partial charge in [-0.25, -0.2) is 9.18 Å². The summed E-state index contributed by atoms with van der Waals surface area (Å²) in [5, 5.41) is 16.3. The number of nitrogens with zero attached hydrogens (tertiary/aromatic N) is 2. The van der Waals surface area contributed by atoms with Gasteiger partial charge in [-0.05, 0) is 85.3 Å². The van der Waals surface area contributed by atoms with Crippen molar-refractivity contribution in [3.8, 4) is 0 Å². The standard InChI is InChI=1S/C30H27F7N4O4/c1-17-12-22(31)4-7-25(17)26-16-23(39-27(42)19-2-5-24(6-3-19)41(44)45)9-11-40(26)28(43)38-10-8-18-13-20(29(32,33)34)15-21(14-18)30(35,36)37/h2-7,12-15,23,26H,8-11,16H2,1H3,(H,38,43)(H,39,42). The highest BCUT2D eigenvalue weighted by atomic mass is 19.4. The number of hydrogen-bond donors (Lipinski definition) is 2. The first-order chi connectivity index (χ1) is 21.0. The molecule has 1 aliphatic rings. The van der Waals surface area contributed by atoms with Gasteiger partial charge in [-0.15, -0.1) is 0 Å². The number of urea groups is 1. The Morgan fingerprint density at radius 2 is 1.58 bits per heavy atom. The highest BCUT2D eigenvalue weighted by Crippen LogP contribution is 2.37. The molecule has 3 aromatic carbocycles. The molecule has 1 aliphatic heterocycles. The number of nitrogens with one attached hydrogen (secondary N) is 2. The smallest absolute Gasteiger partial charge is 0.349 e. The molecule has 3 amide bonds. The molecule has 1 heterocycles. The van der Waals surface area contributed by atoms with Crippen LogP contribution in [0.3, 0.4) is 0 Å². The predicted molar refractivity (Wildman–Crippen MR) is 148 cm³/mol. The lowest BCUT2D eigenvalue weighted by Gasteiger charge is -2.40. The quantitative estimate of drug-likeness (QED) is 0.165. The van der Waals surface area contributed by atoms with Crippen LogP contribution in [0.4, 0.5) is 41.2 Å². The fourth-order valence-corrected chi connectivity index (χ4v) is 5.23. The third kappa shape index (κ3) is 8.28. The lowest BCUT2D eigenvalue weighted by Crippen LogP contribution is -2.51. The van der Waals surface area contributed by atoms with E-state index >= 15 is 0 Å². The highest BCUT2D eigenvalue weighted by Gasteiger charge is 2.37. The number of nitro groups is 1. The summed E-state index contributed by atoms with van der Waals surface area (Å²) in [6.45, 7) is 1.46. The van der Waals surface area contributed by atoms with Gasteiger partial charge in [-0.1, -0.05) is 6.07 Å². The Bertz CT molecular complexity index is 1540. The summed E-state index contributed by atoms with van der Waals surface area (Å²) >= 11 is 0. The first-order valence-corrected chi connectivity index (χ1v) is 13.7. The van der Waals surface area contributed by atoms with Crippen LogP contribution in [-0.2, 0) is 18.8 Å². The van der Waals surface area contributed by atoms with Crippen molar-refractivity contribution in [2.24, 2.45) is 0 Å². The van der Waals surface area contributed by atoms with Gasteiger partial charge in [-0.2, -0.15) is 26.3 Å². The zero-order valence-electron chi connectivity index (χ0n) is 23.6. The van der Waals surface area contributed by atoms with E-state index in [0.717, 1.165) is 0 Å². The van der Waals surface area contributed by atoms with Crippen molar-refractivity contribution in [3.05, 3.63) is 110 Å². The van der Waals surface area contributed by atoms with Crippen molar-refractivity contribution in [3.63, 3.8) is 0 Å². The van der Waals surface area contributed by atoms with Crippen molar-refractivity contribution >= 4 is 17.6 Å². The maximum atomic E-state index is 13.9. The molecular weight excluding hydrogens is 613 g/mol. The summed E-state index contributed by atoms with van der Waals surface area (Å²) < 4.78 is 93.2. The maximum absolute atomic E-state index is 13.9. The molecule has 0 aliphatic carbocycles. The first-order valence-electron chi connectivity index (χ1n) is 13.7. The number of rotatable bonds is 7. The van der Waals surface area contributed by atoms with E-state index in [-0.39, 0.29) is 55.2 Å². The minimum atomic E-state index is -5.00. The van der Waals surface area contributed by atoms with E-state index in [2.05, 4.69) is 10.6 Å². The van der Waals surface area contributed by atoms with Gasteiger partial charge in [0.25, 0.3) is 11.6 Å². The minimum absolute atomic E-state index is 0.0300. The maximum Gasteiger partial charge on any atom is 0.416 e. The van der Waals surface area contributed by atoms with Gasteiger partial charge in [0.15, 0.2) is 0 Å². The fraction of sp³-hybridized carbons (Fsp3) is 0.333. The zero-order valence-corrected chi connectivity index (χ0v) is 23.6. The molecule has 2 N–H and O–H groups in total. The van der Waals surface area contributed by atoms with E-state index < -0.39 is 58.2 Å². The van der Waals surface area contributed by atoms with Crippen LogP contribution in [0.2, 0.25) is 0 Å². The molecule has 0 bridgehead atoms. The Hall–Kier alpha value is -4.69. The summed E-state index contributed by atoms with van der Waals surface area (Å²) in [4.78, 5) is 37.8. The average molecular weight is 641 g/mol. The Labute approximate surface area is 252 Å². The number of likely N-dealkylation sites (tertiary alicyclic amines) is 1. The van der Waals surface area contributed by atoms with Gasteiger partial charge in [0.05, 0.1) is 22.1 Å². The second kappa shape index (κ2) is 13.1. The molecule has 240 valence electrons. The third-order valence-electron chi connectivity index (χ3n) is 7.47. The molecule has 0 saturated carbocycles. The molecule has 1 saturated heterocycles. The van der Waals surface area contributed by atoms with Crippen molar-refractivity contribution in [2.45, 2.75) is 50.6 Å². The van der Waals surface area contributed by atoms with Gasteiger partial charge in [-0.3, -0.25) is 14.9 Å². The first kappa shape index (κ1) is 33.2. The van der Waals surface area contributed by atoms with Crippen molar-refractivity contribution < 1.29 is 45.2 Å². The number of non-ortho nitro benzene ring substituents is 1. The van der Waals surface area contributed by atoms with Crippen LogP contribution in [-0.4, -0.2) is 40.9 Å². The van der Waals surface area contributed by atoms with Gasteiger partial charge >= 0.3 is 18.4 Å². The number of benzene rings is 3. The van der Waals surface area contributed by atoms with E-state index in [1.165, 1.54) is 47.4 Å². The lowest BCUT2D eigenvalue weighted by atomic mass is 9.89. The Morgan fingerprint density at radius 3 is 2.13 bits per heavy atom. The monoisotopic (exact) mass is 640 g/mol. The topological polar surface area (TPSA) is 105 Å². The largest absolute Gasteiger partial charge is 0.416 e. The SMILES string of the molecule is Cc1cc(F)ccc1C1CC(NC(=O)c2ccc([N+](=O)[O-])cc2)CCN1C(=O)NCCc1cc(C(F)(F)F)cc(C(F)(F)F)c1. The van der Waals surface area contributed by atoms with E-state index in [9.17, 15) is 50.4 Å². The van der Waals surface area contributed by atoms with Crippen LogP contribution < -0.4 is 10.6 Å². The van der Waals surface area contributed by atoms with Gasteiger partial charge in [0, 0.05) is 36.8 Å². The molecule has 2 atom stereocenters. The Kier molecular flexibility index (Phi) is 9.68. The molecule has 0 aromatic heterocycles. The van der Waals surface area contributed by atoms with Crippen LogP contribution in [0.1, 0.15) is 57.1 Å². The van der Waals surface area contributed by atoms with E-state index in [0.29, 0.717) is 23.3 Å². The van der Waals surface area contributed by atoms with Crippen LogP contribution in [0, 0.1) is 22.9 Å². The number of halogens is 7. The summed E-state index contributed by atoms with van der Waals surface area (Å²) in [6, 6.07) is 8.43. The number of nitro benzene ring substituents is 1. The molecule has 15 heteroatoms. The molecule has 0 spiro atoms. The summed E-state index contributed by atoms with van der Waals surface area (Å²) in [6.07, 6.45) is -9.84. The second-order valence-electron chi connectivity index (χ2n) is 10.6. The van der Waals surface area contributed by atoms with E-state index in [1.807, 2.05) is 0 Å². The number of carbonyl (C=O) groups is 2. The third-order valence-corrected chi connectivity index (χ3v) is 7.47. The molecule has 8 nitrogen and oxygen atoms in total. The minimum Gasteiger partial charge on any atom is -0.349 e. The summed E-state index contributed by atoms with van der Waals surface area (Å²) in [7, 11) is 0. The van der Waals surface area contributed by atoms with Crippen LogP contribution in [0.15, 0.2) is 60.7 Å². The van der Waals surface area contributed by atoms with E-state index in [1.54, 1.807) is 6.92 Å². The fourth-order valence-electron chi connectivity index (χ4n) is 5.23. The van der Waals surface area contributed by atoms with Gasteiger partial charge < -0.3 is 15.5 Å². The molecule has 0 radical (unpaired) electrons. The van der Waals surface area contributed by atoms with Gasteiger partial charge in [0.2, 0.25) is 0 Å². The van der Waals surface area contributed by atoms with Gasteiger partial charge in [0.1, 0.15) is 5.82 Å². The number of alkyl halides is 6. The van der Waals surface area contributed by atoms with Crippen molar-refractivity contribution in [1.29, 1.82) is 0 Å². The normalized spacial score (nSPS) is 17.1. The van der Waals surface area contributed by atoms with Crippen molar-refractivity contribution in [2.75, 3.05) is 13.1 Å². The number of hydrogen-bond acceptors (Lipinski definition) is 4. The van der Waals surface area contributed by atoms with Crippen molar-refractivity contribution in [1.82, 2.24) is 15.5 Å². The number of carbonyl (C=O) groups excluding carboxylic acids is 2. The highest BCUT2D eigenvalue weighted by molar-refractivity contribution is 5.94. The predicted octanol–water partition coefficient (Wildman–Crippen LogP) is 6.97. The molecule has 4 rings (SSSR count). The average Bonchev–Trinajstić information content (AvgIpc) is 2.96. The van der Waals surface area contributed by atoms with Crippen LogP contribution in [0.5, 0.6) is 0 Å². The molecule has 3 aromatic rings. The van der Waals surface area contributed by atoms with Crippen LogP contribution in [0.25, 0.3) is 0 Å². The number of piperidine rings is 1. The molecule has 2 unspecified atom stereocenters. The molecular formula is C30H27F7N4O4. The van der Waals surface area contributed by atoms with Crippen LogP contribution >= 0.6 is 0 Å². The Morgan fingerprint density at radius 1 is 0.956 bits per heavy atom. The van der Waals surface area contributed by atoms with E-state index in [4.69, 9.17) is 0 Å². The number of aryl methyl sites for hydroxylation is 1. The molecule has 1 fully saturated rings. The Balaban J connectivity index is 1.48. The second-order valence-corrected chi connectivity index (χ2v) is 10.6. The summed E-state index contributed by atoms with van der Waals surface area (Å²) in [5.41, 5.74) is -2.09. The zero-order chi connectivity index (χ0) is 33.1.